The Hall–Kier alpha value is -1.91. The SMILES string of the molecule is C[C@H](CN)NCc1ccc(OCc2cccc(F)c2)cc1. The van der Waals surface area contributed by atoms with Crippen LogP contribution in [-0.4, -0.2) is 12.6 Å². The lowest BCUT2D eigenvalue weighted by atomic mass is 10.2. The van der Waals surface area contributed by atoms with Gasteiger partial charge in [-0.05, 0) is 42.3 Å². The van der Waals surface area contributed by atoms with Crippen molar-refractivity contribution in [1.29, 1.82) is 0 Å². The molecule has 0 radical (unpaired) electrons. The normalized spacial score (nSPS) is 12.1. The van der Waals surface area contributed by atoms with Gasteiger partial charge in [0.05, 0.1) is 0 Å². The maximum absolute atomic E-state index is 13.1. The Labute approximate surface area is 124 Å². The molecule has 0 spiro atoms. The Morgan fingerprint density at radius 2 is 1.90 bits per heavy atom. The fourth-order valence-electron chi connectivity index (χ4n) is 1.87. The molecule has 2 rings (SSSR count). The van der Waals surface area contributed by atoms with Gasteiger partial charge in [0.25, 0.3) is 0 Å². The first-order valence-corrected chi connectivity index (χ1v) is 7.07. The largest absolute Gasteiger partial charge is 0.489 e. The molecule has 112 valence electrons. The van der Waals surface area contributed by atoms with Gasteiger partial charge in [-0.3, -0.25) is 0 Å². The molecular weight excluding hydrogens is 267 g/mol. The summed E-state index contributed by atoms with van der Waals surface area (Å²) in [5.74, 6) is 0.529. The van der Waals surface area contributed by atoms with E-state index in [4.69, 9.17) is 10.5 Å². The van der Waals surface area contributed by atoms with Crippen LogP contribution in [0, 0.1) is 5.82 Å². The van der Waals surface area contributed by atoms with Crippen molar-refractivity contribution in [1.82, 2.24) is 5.32 Å². The summed E-state index contributed by atoms with van der Waals surface area (Å²) in [5.41, 5.74) is 7.55. The van der Waals surface area contributed by atoms with Crippen LogP contribution in [0.1, 0.15) is 18.1 Å². The highest BCUT2D eigenvalue weighted by Crippen LogP contribution is 2.14. The first-order valence-electron chi connectivity index (χ1n) is 7.07. The Morgan fingerprint density at radius 1 is 1.14 bits per heavy atom. The smallest absolute Gasteiger partial charge is 0.123 e. The monoisotopic (exact) mass is 288 g/mol. The van der Waals surface area contributed by atoms with Gasteiger partial charge >= 0.3 is 0 Å². The first kappa shape index (κ1) is 15.5. The van der Waals surface area contributed by atoms with Crippen LogP contribution < -0.4 is 15.8 Å². The van der Waals surface area contributed by atoms with E-state index in [1.165, 1.54) is 17.7 Å². The number of rotatable bonds is 7. The van der Waals surface area contributed by atoms with Gasteiger partial charge in [-0.15, -0.1) is 0 Å². The molecule has 2 aromatic carbocycles. The molecule has 1 atom stereocenters. The molecule has 0 saturated heterocycles. The fraction of sp³-hybridized carbons (Fsp3) is 0.294. The average molecular weight is 288 g/mol. The van der Waals surface area contributed by atoms with Crippen molar-refractivity contribution >= 4 is 0 Å². The summed E-state index contributed by atoms with van der Waals surface area (Å²) >= 11 is 0. The topological polar surface area (TPSA) is 47.3 Å². The van der Waals surface area contributed by atoms with Crippen LogP contribution in [0.15, 0.2) is 48.5 Å². The molecule has 0 aliphatic carbocycles. The maximum atomic E-state index is 13.1. The van der Waals surface area contributed by atoms with Crippen molar-refractivity contribution < 1.29 is 9.13 Å². The number of ether oxygens (including phenoxy) is 1. The quantitative estimate of drug-likeness (QED) is 0.823. The lowest BCUT2D eigenvalue weighted by Gasteiger charge is -2.11. The summed E-state index contributed by atoms with van der Waals surface area (Å²) < 4.78 is 18.7. The third kappa shape index (κ3) is 5.17. The molecular formula is C17H21FN2O. The molecule has 0 bridgehead atoms. The molecule has 0 fully saturated rings. The highest BCUT2D eigenvalue weighted by Gasteiger charge is 2.00. The second kappa shape index (κ2) is 7.76. The van der Waals surface area contributed by atoms with Gasteiger partial charge in [0, 0.05) is 19.1 Å². The molecule has 3 N–H and O–H groups in total. The van der Waals surface area contributed by atoms with E-state index in [1.54, 1.807) is 6.07 Å². The van der Waals surface area contributed by atoms with Crippen LogP contribution in [0.5, 0.6) is 5.75 Å². The molecule has 0 amide bonds. The van der Waals surface area contributed by atoms with Crippen LogP contribution in [0.25, 0.3) is 0 Å². The van der Waals surface area contributed by atoms with E-state index >= 15 is 0 Å². The van der Waals surface area contributed by atoms with Crippen molar-refractivity contribution in [3.8, 4) is 5.75 Å². The van der Waals surface area contributed by atoms with Gasteiger partial charge < -0.3 is 15.8 Å². The van der Waals surface area contributed by atoms with E-state index in [1.807, 2.05) is 30.3 Å². The predicted octanol–water partition coefficient (Wildman–Crippen LogP) is 2.84. The molecule has 0 saturated carbocycles. The van der Waals surface area contributed by atoms with Gasteiger partial charge in [0.2, 0.25) is 0 Å². The van der Waals surface area contributed by atoms with Crippen molar-refractivity contribution in [3.63, 3.8) is 0 Å². The maximum Gasteiger partial charge on any atom is 0.123 e. The van der Waals surface area contributed by atoms with E-state index in [0.29, 0.717) is 19.2 Å². The summed E-state index contributed by atoms with van der Waals surface area (Å²) in [5, 5.41) is 3.32. The summed E-state index contributed by atoms with van der Waals surface area (Å²) in [4.78, 5) is 0. The number of hydrogen-bond donors (Lipinski definition) is 2. The van der Waals surface area contributed by atoms with Gasteiger partial charge in [0.15, 0.2) is 0 Å². The molecule has 0 unspecified atom stereocenters. The van der Waals surface area contributed by atoms with Crippen molar-refractivity contribution in [2.45, 2.75) is 26.1 Å². The highest BCUT2D eigenvalue weighted by atomic mass is 19.1. The molecule has 2 aromatic rings. The predicted molar refractivity (Wildman–Crippen MR) is 82.5 cm³/mol. The molecule has 0 aromatic heterocycles. The van der Waals surface area contributed by atoms with Gasteiger partial charge in [0.1, 0.15) is 18.2 Å². The van der Waals surface area contributed by atoms with Crippen LogP contribution in [0.3, 0.4) is 0 Å². The van der Waals surface area contributed by atoms with Crippen LogP contribution in [0.2, 0.25) is 0 Å². The van der Waals surface area contributed by atoms with Crippen molar-refractivity contribution in [2.24, 2.45) is 5.73 Å². The van der Waals surface area contributed by atoms with E-state index in [9.17, 15) is 4.39 Å². The standard InChI is InChI=1S/C17H21FN2O/c1-13(10-19)20-11-14-5-7-17(8-6-14)21-12-15-3-2-4-16(18)9-15/h2-9,13,20H,10-12,19H2,1H3/t13-/m1/s1. The lowest BCUT2D eigenvalue weighted by molar-refractivity contribution is 0.305. The Bertz CT molecular complexity index is 557. The number of halogens is 1. The second-order valence-corrected chi connectivity index (χ2v) is 5.08. The molecule has 21 heavy (non-hydrogen) atoms. The zero-order valence-corrected chi connectivity index (χ0v) is 12.2. The zero-order chi connectivity index (χ0) is 15.1. The fourth-order valence-corrected chi connectivity index (χ4v) is 1.87. The summed E-state index contributed by atoms with van der Waals surface area (Å²) in [6.07, 6.45) is 0. The minimum Gasteiger partial charge on any atom is -0.489 e. The second-order valence-electron chi connectivity index (χ2n) is 5.08. The van der Waals surface area contributed by atoms with Crippen molar-refractivity contribution in [3.05, 3.63) is 65.5 Å². The summed E-state index contributed by atoms with van der Waals surface area (Å²) in [6.45, 7) is 3.81. The summed E-state index contributed by atoms with van der Waals surface area (Å²) in [6, 6.07) is 14.6. The molecule has 4 heteroatoms. The molecule has 0 aliphatic heterocycles. The minimum absolute atomic E-state index is 0.244. The summed E-state index contributed by atoms with van der Waals surface area (Å²) in [7, 11) is 0. The van der Waals surface area contributed by atoms with Gasteiger partial charge in [-0.25, -0.2) is 4.39 Å². The van der Waals surface area contributed by atoms with Crippen LogP contribution >= 0.6 is 0 Å². The number of benzene rings is 2. The number of hydrogen-bond acceptors (Lipinski definition) is 3. The Morgan fingerprint density at radius 3 is 2.57 bits per heavy atom. The third-order valence-corrected chi connectivity index (χ3v) is 3.23. The molecule has 3 nitrogen and oxygen atoms in total. The number of nitrogens with two attached hydrogens (primary N) is 1. The highest BCUT2D eigenvalue weighted by molar-refractivity contribution is 5.27. The van der Waals surface area contributed by atoms with E-state index in [-0.39, 0.29) is 5.82 Å². The third-order valence-electron chi connectivity index (χ3n) is 3.23. The first-order chi connectivity index (χ1) is 10.2. The zero-order valence-electron chi connectivity index (χ0n) is 12.2. The average Bonchev–Trinajstić information content (AvgIpc) is 2.51. The Kier molecular flexibility index (Phi) is 5.72. The minimum atomic E-state index is -0.244. The van der Waals surface area contributed by atoms with Gasteiger partial charge in [-0.2, -0.15) is 0 Å². The van der Waals surface area contributed by atoms with E-state index < -0.39 is 0 Å². The lowest BCUT2D eigenvalue weighted by Crippen LogP contribution is -2.32. The van der Waals surface area contributed by atoms with E-state index in [0.717, 1.165) is 17.9 Å². The van der Waals surface area contributed by atoms with Gasteiger partial charge in [-0.1, -0.05) is 24.3 Å². The van der Waals surface area contributed by atoms with Crippen LogP contribution in [0.4, 0.5) is 4.39 Å². The molecule has 0 aliphatic rings. The number of nitrogens with one attached hydrogen (secondary N) is 1. The Balaban J connectivity index is 1.85. The van der Waals surface area contributed by atoms with Crippen LogP contribution in [-0.2, 0) is 13.2 Å². The van der Waals surface area contributed by atoms with Crippen molar-refractivity contribution in [2.75, 3.05) is 6.54 Å². The van der Waals surface area contributed by atoms with E-state index in [2.05, 4.69) is 12.2 Å². The molecule has 0 heterocycles.